The molecule has 0 aromatic heterocycles. The van der Waals surface area contributed by atoms with Crippen LogP contribution in [0.25, 0.3) is 0 Å². The second-order valence-corrected chi connectivity index (χ2v) is 2.53. The second kappa shape index (κ2) is 5.05. The molecule has 0 fully saturated rings. The SMILES string of the molecule is C#Cc1cccc(OC(C=O)OC)c1. The zero-order valence-corrected chi connectivity index (χ0v) is 7.77. The van der Waals surface area contributed by atoms with Crippen molar-refractivity contribution in [1.82, 2.24) is 0 Å². The van der Waals surface area contributed by atoms with Gasteiger partial charge in [0.1, 0.15) is 5.75 Å². The van der Waals surface area contributed by atoms with Gasteiger partial charge in [-0.05, 0) is 18.2 Å². The van der Waals surface area contributed by atoms with E-state index in [9.17, 15) is 4.79 Å². The number of terminal acetylenes is 1. The molecule has 14 heavy (non-hydrogen) atoms. The third kappa shape index (κ3) is 2.61. The van der Waals surface area contributed by atoms with Crippen molar-refractivity contribution in [2.45, 2.75) is 6.29 Å². The highest BCUT2D eigenvalue weighted by Gasteiger charge is 2.06. The molecule has 0 aliphatic heterocycles. The molecule has 0 heterocycles. The fourth-order valence-corrected chi connectivity index (χ4v) is 0.925. The predicted molar refractivity (Wildman–Crippen MR) is 51.9 cm³/mol. The van der Waals surface area contributed by atoms with E-state index in [1.807, 2.05) is 0 Å². The monoisotopic (exact) mass is 190 g/mol. The van der Waals surface area contributed by atoms with Crippen molar-refractivity contribution >= 4 is 6.29 Å². The van der Waals surface area contributed by atoms with E-state index in [-0.39, 0.29) is 0 Å². The van der Waals surface area contributed by atoms with Crippen molar-refractivity contribution in [3.63, 3.8) is 0 Å². The zero-order chi connectivity index (χ0) is 10.4. The first kappa shape index (κ1) is 10.3. The number of carbonyl (C=O) groups is 1. The van der Waals surface area contributed by atoms with Gasteiger partial charge in [-0.3, -0.25) is 4.79 Å². The summed E-state index contributed by atoms with van der Waals surface area (Å²) < 4.78 is 9.90. The molecule has 3 nitrogen and oxygen atoms in total. The maximum Gasteiger partial charge on any atom is 0.256 e. The van der Waals surface area contributed by atoms with Gasteiger partial charge in [0.2, 0.25) is 0 Å². The molecular formula is C11H10O3. The Morgan fingerprint density at radius 1 is 1.57 bits per heavy atom. The molecule has 0 N–H and O–H groups in total. The van der Waals surface area contributed by atoms with Gasteiger partial charge in [-0.25, -0.2) is 0 Å². The zero-order valence-electron chi connectivity index (χ0n) is 7.77. The van der Waals surface area contributed by atoms with E-state index >= 15 is 0 Å². The molecule has 0 saturated carbocycles. The Bertz CT molecular complexity index is 352. The molecule has 1 rings (SSSR count). The number of hydrogen-bond donors (Lipinski definition) is 0. The molecule has 0 aliphatic carbocycles. The van der Waals surface area contributed by atoms with Crippen LogP contribution in [0.5, 0.6) is 5.75 Å². The van der Waals surface area contributed by atoms with Gasteiger partial charge in [0.15, 0.2) is 6.29 Å². The van der Waals surface area contributed by atoms with Gasteiger partial charge in [0, 0.05) is 12.7 Å². The van der Waals surface area contributed by atoms with Crippen LogP contribution in [-0.2, 0) is 9.53 Å². The van der Waals surface area contributed by atoms with Crippen molar-refractivity contribution in [2.75, 3.05) is 7.11 Å². The lowest BCUT2D eigenvalue weighted by atomic mass is 10.2. The molecular weight excluding hydrogens is 180 g/mol. The van der Waals surface area contributed by atoms with E-state index in [1.54, 1.807) is 24.3 Å². The Labute approximate surface area is 82.6 Å². The highest BCUT2D eigenvalue weighted by atomic mass is 16.7. The summed E-state index contributed by atoms with van der Waals surface area (Å²) in [4.78, 5) is 10.4. The van der Waals surface area contributed by atoms with Gasteiger partial charge in [-0.15, -0.1) is 6.42 Å². The largest absolute Gasteiger partial charge is 0.458 e. The molecule has 72 valence electrons. The maximum absolute atomic E-state index is 10.4. The summed E-state index contributed by atoms with van der Waals surface area (Å²) in [6.45, 7) is 0. The van der Waals surface area contributed by atoms with Gasteiger partial charge in [0.05, 0.1) is 0 Å². The topological polar surface area (TPSA) is 35.5 Å². The van der Waals surface area contributed by atoms with Crippen LogP contribution in [0.3, 0.4) is 0 Å². The van der Waals surface area contributed by atoms with Gasteiger partial charge < -0.3 is 9.47 Å². The minimum absolute atomic E-state index is 0.513. The fourth-order valence-electron chi connectivity index (χ4n) is 0.925. The molecule has 0 aliphatic rings. The van der Waals surface area contributed by atoms with Crippen molar-refractivity contribution in [1.29, 1.82) is 0 Å². The van der Waals surface area contributed by atoms with Crippen LogP contribution < -0.4 is 4.74 Å². The van der Waals surface area contributed by atoms with E-state index in [1.165, 1.54) is 7.11 Å². The smallest absolute Gasteiger partial charge is 0.256 e. The van der Waals surface area contributed by atoms with Crippen LogP contribution in [0.1, 0.15) is 5.56 Å². The summed E-state index contributed by atoms with van der Waals surface area (Å²) in [6, 6.07) is 6.89. The minimum atomic E-state index is -0.886. The van der Waals surface area contributed by atoms with Crippen LogP contribution in [0.15, 0.2) is 24.3 Å². The lowest BCUT2D eigenvalue weighted by Gasteiger charge is -2.11. The molecule has 0 spiro atoms. The van der Waals surface area contributed by atoms with Crippen LogP contribution in [0, 0.1) is 12.3 Å². The summed E-state index contributed by atoms with van der Waals surface area (Å²) in [7, 11) is 1.39. The van der Waals surface area contributed by atoms with Gasteiger partial charge >= 0.3 is 0 Å². The summed E-state index contributed by atoms with van der Waals surface area (Å²) in [5, 5.41) is 0. The predicted octanol–water partition coefficient (Wildman–Crippen LogP) is 1.22. The first-order valence-corrected chi connectivity index (χ1v) is 4.01. The quantitative estimate of drug-likeness (QED) is 0.407. The first-order chi connectivity index (χ1) is 6.80. The van der Waals surface area contributed by atoms with Crippen LogP contribution >= 0.6 is 0 Å². The summed E-state index contributed by atoms with van der Waals surface area (Å²) in [5.74, 6) is 2.98. The molecule has 3 heteroatoms. The van der Waals surface area contributed by atoms with Crippen molar-refractivity contribution in [3.8, 4) is 18.1 Å². The molecule has 0 saturated heterocycles. The van der Waals surface area contributed by atoms with E-state index < -0.39 is 6.29 Å². The standard InChI is InChI=1S/C11H10O3/c1-3-9-5-4-6-10(7-9)14-11(8-12)13-2/h1,4-8,11H,2H3. The number of ether oxygens (including phenoxy) is 2. The highest BCUT2D eigenvalue weighted by molar-refractivity contribution is 5.54. The van der Waals surface area contributed by atoms with E-state index in [2.05, 4.69) is 5.92 Å². The van der Waals surface area contributed by atoms with Crippen molar-refractivity contribution < 1.29 is 14.3 Å². The number of carbonyl (C=O) groups excluding carboxylic acids is 1. The Morgan fingerprint density at radius 3 is 2.93 bits per heavy atom. The minimum Gasteiger partial charge on any atom is -0.458 e. The van der Waals surface area contributed by atoms with Crippen molar-refractivity contribution in [3.05, 3.63) is 29.8 Å². The van der Waals surface area contributed by atoms with Gasteiger partial charge in [0.25, 0.3) is 6.29 Å². The average molecular weight is 190 g/mol. The van der Waals surface area contributed by atoms with E-state index in [0.717, 1.165) is 0 Å². The molecule has 1 aromatic carbocycles. The normalized spacial score (nSPS) is 11.4. The van der Waals surface area contributed by atoms with E-state index in [0.29, 0.717) is 17.6 Å². The second-order valence-electron chi connectivity index (χ2n) is 2.53. The average Bonchev–Trinajstić information content (AvgIpc) is 2.26. The van der Waals surface area contributed by atoms with E-state index in [4.69, 9.17) is 15.9 Å². The lowest BCUT2D eigenvalue weighted by Crippen LogP contribution is -2.19. The molecule has 0 radical (unpaired) electrons. The molecule has 0 amide bonds. The van der Waals surface area contributed by atoms with Crippen LogP contribution in [0.4, 0.5) is 0 Å². The number of methoxy groups -OCH3 is 1. The summed E-state index contributed by atoms with van der Waals surface area (Å²) >= 11 is 0. The number of hydrogen-bond acceptors (Lipinski definition) is 3. The number of benzene rings is 1. The third-order valence-corrected chi connectivity index (χ3v) is 1.60. The number of rotatable bonds is 4. The summed E-state index contributed by atoms with van der Waals surface area (Å²) in [6.07, 6.45) is 4.89. The fraction of sp³-hybridized carbons (Fsp3) is 0.182. The van der Waals surface area contributed by atoms with Gasteiger partial charge in [-0.2, -0.15) is 0 Å². The van der Waals surface area contributed by atoms with Crippen molar-refractivity contribution in [2.24, 2.45) is 0 Å². The Balaban J connectivity index is 2.76. The maximum atomic E-state index is 10.4. The molecule has 0 bridgehead atoms. The van der Waals surface area contributed by atoms with Crippen LogP contribution in [-0.4, -0.2) is 19.7 Å². The molecule has 1 unspecified atom stereocenters. The Hall–Kier alpha value is -1.79. The molecule has 1 atom stereocenters. The first-order valence-electron chi connectivity index (χ1n) is 4.01. The highest BCUT2D eigenvalue weighted by Crippen LogP contribution is 2.13. The lowest BCUT2D eigenvalue weighted by molar-refractivity contribution is -0.132. The Morgan fingerprint density at radius 2 is 2.36 bits per heavy atom. The molecule has 1 aromatic rings. The van der Waals surface area contributed by atoms with Crippen LogP contribution in [0.2, 0.25) is 0 Å². The Kier molecular flexibility index (Phi) is 3.71. The number of aldehydes is 1. The third-order valence-electron chi connectivity index (χ3n) is 1.60. The van der Waals surface area contributed by atoms with Gasteiger partial charge in [-0.1, -0.05) is 12.0 Å². The summed E-state index contributed by atoms with van der Waals surface area (Å²) in [5.41, 5.74) is 0.697.